The Morgan fingerprint density at radius 2 is 2.19 bits per heavy atom. The zero-order chi connectivity index (χ0) is 15.2. The van der Waals surface area contributed by atoms with E-state index in [9.17, 15) is 13.6 Å². The number of benzene rings is 1. The Bertz CT molecular complexity index is 619. The van der Waals surface area contributed by atoms with E-state index < -0.39 is 6.61 Å². The molecule has 0 aliphatic rings. The molecule has 1 heterocycles. The summed E-state index contributed by atoms with van der Waals surface area (Å²) in [5.41, 5.74) is 1.09. The Kier molecular flexibility index (Phi) is 5.15. The van der Waals surface area contributed by atoms with Crippen molar-refractivity contribution in [1.82, 2.24) is 14.9 Å². The van der Waals surface area contributed by atoms with E-state index in [4.69, 9.17) is 0 Å². The Balaban J connectivity index is 2.05. The number of aryl methyl sites for hydroxylation is 1. The number of nitrogens with zero attached hydrogens (tertiary/aromatic N) is 2. The second-order valence-electron chi connectivity index (χ2n) is 4.07. The van der Waals surface area contributed by atoms with E-state index in [0.29, 0.717) is 22.6 Å². The van der Waals surface area contributed by atoms with Crippen molar-refractivity contribution in [3.63, 3.8) is 0 Å². The van der Waals surface area contributed by atoms with Gasteiger partial charge in [0.1, 0.15) is 10.6 Å². The van der Waals surface area contributed by atoms with Crippen molar-refractivity contribution in [1.29, 1.82) is 0 Å². The van der Waals surface area contributed by atoms with Crippen molar-refractivity contribution in [3.8, 4) is 5.75 Å². The van der Waals surface area contributed by atoms with Crippen LogP contribution >= 0.6 is 11.5 Å². The maximum atomic E-state index is 12.3. The lowest BCUT2D eigenvalue weighted by Gasteiger charge is -2.11. The fraction of sp³-hybridized carbons (Fsp3) is 0.308. The Morgan fingerprint density at radius 3 is 2.90 bits per heavy atom. The first-order chi connectivity index (χ1) is 10.1. The van der Waals surface area contributed by atoms with Crippen molar-refractivity contribution in [2.45, 2.75) is 26.5 Å². The highest BCUT2D eigenvalue weighted by atomic mass is 32.1. The van der Waals surface area contributed by atoms with Gasteiger partial charge in [0.05, 0.1) is 5.69 Å². The number of ether oxygens (including phenoxy) is 1. The molecule has 8 heteroatoms. The van der Waals surface area contributed by atoms with Crippen molar-refractivity contribution in [2.24, 2.45) is 0 Å². The van der Waals surface area contributed by atoms with E-state index >= 15 is 0 Å². The number of halogens is 2. The molecule has 1 aromatic carbocycles. The number of para-hydroxylation sites is 1. The summed E-state index contributed by atoms with van der Waals surface area (Å²) in [7, 11) is 0. The summed E-state index contributed by atoms with van der Waals surface area (Å²) in [6.45, 7) is -0.943. The van der Waals surface area contributed by atoms with Crippen LogP contribution in [0.1, 0.15) is 27.9 Å². The number of nitrogens with one attached hydrogen (secondary N) is 1. The monoisotopic (exact) mass is 313 g/mol. The van der Waals surface area contributed by atoms with Crippen LogP contribution in [0.15, 0.2) is 24.3 Å². The molecule has 21 heavy (non-hydrogen) atoms. The summed E-state index contributed by atoms with van der Waals surface area (Å²) in [5.74, 6) is -0.278. The van der Waals surface area contributed by atoms with Crippen LogP contribution in [0.25, 0.3) is 0 Å². The van der Waals surface area contributed by atoms with Gasteiger partial charge < -0.3 is 10.1 Å². The van der Waals surface area contributed by atoms with Gasteiger partial charge in [-0.1, -0.05) is 29.6 Å². The molecule has 5 nitrogen and oxygen atoms in total. The van der Waals surface area contributed by atoms with E-state index in [1.54, 1.807) is 18.2 Å². The van der Waals surface area contributed by atoms with Crippen molar-refractivity contribution in [3.05, 3.63) is 40.4 Å². The molecular formula is C13H13F2N3O2S. The maximum Gasteiger partial charge on any atom is 0.387 e. The van der Waals surface area contributed by atoms with Gasteiger partial charge >= 0.3 is 6.61 Å². The molecule has 0 aliphatic carbocycles. The van der Waals surface area contributed by atoms with E-state index in [1.807, 2.05) is 6.92 Å². The minimum Gasteiger partial charge on any atom is -0.434 e. The molecule has 0 radical (unpaired) electrons. The van der Waals surface area contributed by atoms with Crippen molar-refractivity contribution < 1.29 is 18.3 Å². The highest BCUT2D eigenvalue weighted by Gasteiger charge is 2.16. The molecule has 1 aromatic heterocycles. The second kappa shape index (κ2) is 7.07. The number of carbonyl (C=O) groups excluding carboxylic acids is 1. The topological polar surface area (TPSA) is 64.1 Å². The summed E-state index contributed by atoms with van der Waals surface area (Å²) in [5, 5.41) is 6.51. The van der Waals surface area contributed by atoms with Gasteiger partial charge in [0.15, 0.2) is 0 Å². The first kappa shape index (κ1) is 15.3. The van der Waals surface area contributed by atoms with Crippen LogP contribution in [0.3, 0.4) is 0 Å². The molecule has 0 atom stereocenters. The minimum absolute atomic E-state index is 0.0472. The van der Waals surface area contributed by atoms with Gasteiger partial charge in [-0.15, -0.1) is 5.10 Å². The average molecular weight is 313 g/mol. The molecule has 0 unspecified atom stereocenters. The molecule has 0 saturated heterocycles. The van der Waals surface area contributed by atoms with E-state index in [1.165, 1.54) is 6.07 Å². The van der Waals surface area contributed by atoms with Crippen molar-refractivity contribution in [2.75, 3.05) is 0 Å². The number of hydrogen-bond donors (Lipinski definition) is 1. The predicted octanol–water partition coefficient (Wildman–Crippen LogP) is 2.63. The van der Waals surface area contributed by atoms with Gasteiger partial charge in [0, 0.05) is 12.1 Å². The minimum atomic E-state index is -2.90. The number of amides is 1. The first-order valence-electron chi connectivity index (χ1n) is 6.24. The third-order valence-corrected chi connectivity index (χ3v) is 3.49. The molecule has 0 aliphatic heterocycles. The highest BCUT2D eigenvalue weighted by molar-refractivity contribution is 7.08. The lowest BCUT2D eigenvalue weighted by atomic mass is 10.2. The summed E-state index contributed by atoms with van der Waals surface area (Å²) >= 11 is 1.01. The van der Waals surface area contributed by atoms with E-state index in [-0.39, 0.29) is 18.2 Å². The first-order valence-corrected chi connectivity index (χ1v) is 7.01. The molecule has 0 spiro atoms. The van der Waals surface area contributed by atoms with Gasteiger partial charge in [-0.25, -0.2) is 0 Å². The lowest BCUT2D eigenvalue weighted by molar-refractivity contribution is -0.0504. The fourth-order valence-electron chi connectivity index (χ4n) is 1.73. The molecule has 0 fully saturated rings. The van der Waals surface area contributed by atoms with Crippen LogP contribution in [0.5, 0.6) is 5.75 Å². The van der Waals surface area contributed by atoms with Crippen LogP contribution in [0.4, 0.5) is 8.78 Å². The van der Waals surface area contributed by atoms with Gasteiger partial charge in [-0.05, 0) is 24.0 Å². The quantitative estimate of drug-likeness (QED) is 0.890. The van der Waals surface area contributed by atoms with Gasteiger partial charge in [0.25, 0.3) is 5.91 Å². The number of aromatic nitrogens is 2. The molecule has 1 amide bonds. The second-order valence-corrected chi connectivity index (χ2v) is 4.83. The van der Waals surface area contributed by atoms with Gasteiger partial charge in [0.2, 0.25) is 0 Å². The molecule has 1 N–H and O–H groups in total. The number of carbonyl (C=O) groups is 1. The lowest BCUT2D eigenvalue weighted by Crippen LogP contribution is -2.23. The van der Waals surface area contributed by atoms with Crippen LogP contribution in [-0.4, -0.2) is 22.1 Å². The van der Waals surface area contributed by atoms with E-state index in [0.717, 1.165) is 11.5 Å². The summed E-state index contributed by atoms with van der Waals surface area (Å²) < 4.78 is 32.7. The Hall–Kier alpha value is -2.09. The predicted molar refractivity (Wildman–Crippen MR) is 73.5 cm³/mol. The van der Waals surface area contributed by atoms with Crippen LogP contribution in [0.2, 0.25) is 0 Å². The number of hydrogen-bond acceptors (Lipinski definition) is 5. The van der Waals surface area contributed by atoms with E-state index in [2.05, 4.69) is 19.6 Å². The summed E-state index contributed by atoms with van der Waals surface area (Å²) in [6.07, 6.45) is 0.602. The average Bonchev–Trinajstić information content (AvgIpc) is 2.94. The smallest absolute Gasteiger partial charge is 0.387 e. The normalized spacial score (nSPS) is 10.7. The molecule has 0 saturated carbocycles. The summed E-state index contributed by atoms with van der Waals surface area (Å²) in [4.78, 5) is 12.5. The van der Waals surface area contributed by atoms with Crippen LogP contribution < -0.4 is 10.1 Å². The number of rotatable bonds is 6. The van der Waals surface area contributed by atoms with Crippen LogP contribution in [0, 0.1) is 0 Å². The standard InChI is InChI=1S/C13H13F2N3O2S/c1-2-9-11(21-18-17-9)12(19)16-7-8-5-3-4-6-10(8)20-13(14)15/h3-6,13H,2,7H2,1H3,(H,16,19). The molecular weight excluding hydrogens is 300 g/mol. The van der Waals surface area contributed by atoms with Crippen molar-refractivity contribution >= 4 is 17.4 Å². The zero-order valence-electron chi connectivity index (χ0n) is 11.2. The number of alkyl halides is 2. The van der Waals surface area contributed by atoms with Gasteiger partial charge in [-0.2, -0.15) is 8.78 Å². The maximum absolute atomic E-state index is 12.3. The zero-order valence-corrected chi connectivity index (χ0v) is 12.0. The van der Waals surface area contributed by atoms with Gasteiger partial charge in [-0.3, -0.25) is 4.79 Å². The highest BCUT2D eigenvalue weighted by Crippen LogP contribution is 2.20. The molecule has 0 bridgehead atoms. The SMILES string of the molecule is CCc1nnsc1C(=O)NCc1ccccc1OC(F)F. The third-order valence-electron chi connectivity index (χ3n) is 2.72. The largest absolute Gasteiger partial charge is 0.434 e. The molecule has 112 valence electrons. The Morgan fingerprint density at radius 1 is 1.43 bits per heavy atom. The fourth-order valence-corrected chi connectivity index (χ4v) is 2.40. The van der Waals surface area contributed by atoms with Crippen LogP contribution in [-0.2, 0) is 13.0 Å². The third kappa shape index (κ3) is 3.94. The Labute approximate surface area is 124 Å². The summed E-state index contributed by atoms with van der Waals surface area (Å²) in [6, 6.07) is 6.32. The molecule has 2 rings (SSSR count). The molecule has 2 aromatic rings.